The molecule has 0 fully saturated rings. The van der Waals surface area contributed by atoms with E-state index in [1.165, 1.54) is 16.8 Å². The molecule has 0 radical (unpaired) electrons. The van der Waals surface area contributed by atoms with Crippen molar-refractivity contribution in [2.75, 3.05) is 18.5 Å². The van der Waals surface area contributed by atoms with Gasteiger partial charge < -0.3 is 10.2 Å². The highest BCUT2D eigenvalue weighted by atomic mass is 15.1. The van der Waals surface area contributed by atoms with Crippen LogP contribution >= 0.6 is 0 Å². The second-order valence-corrected chi connectivity index (χ2v) is 5.93. The van der Waals surface area contributed by atoms with E-state index in [1.54, 1.807) is 0 Å². The van der Waals surface area contributed by atoms with Crippen LogP contribution in [-0.2, 0) is 6.54 Å². The van der Waals surface area contributed by atoms with Crippen molar-refractivity contribution < 1.29 is 0 Å². The first-order valence-corrected chi connectivity index (χ1v) is 7.52. The first kappa shape index (κ1) is 15.5. The number of nitrogens with zero attached hydrogens (tertiary/aromatic N) is 2. The van der Waals surface area contributed by atoms with Crippen LogP contribution in [0.4, 0.5) is 11.4 Å². The SMILES string of the molecule is Cc1cccc(N(C)c2cnccc2CNCC(C)C)c1. The van der Waals surface area contributed by atoms with Gasteiger partial charge in [0.25, 0.3) is 0 Å². The molecule has 0 aliphatic rings. The van der Waals surface area contributed by atoms with Gasteiger partial charge in [-0.3, -0.25) is 4.98 Å². The van der Waals surface area contributed by atoms with E-state index in [0.29, 0.717) is 5.92 Å². The number of rotatable bonds is 6. The van der Waals surface area contributed by atoms with Crippen molar-refractivity contribution in [3.8, 4) is 0 Å². The van der Waals surface area contributed by atoms with Crippen LogP contribution in [0.3, 0.4) is 0 Å². The number of hydrogen-bond acceptors (Lipinski definition) is 3. The quantitative estimate of drug-likeness (QED) is 0.871. The summed E-state index contributed by atoms with van der Waals surface area (Å²) >= 11 is 0. The summed E-state index contributed by atoms with van der Waals surface area (Å²) in [6, 6.07) is 10.6. The van der Waals surface area contributed by atoms with Crippen LogP contribution in [0.5, 0.6) is 0 Å². The Kier molecular flexibility index (Phi) is 5.34. The van der Waals surface area contributed by atoms with Gasteiger partial charge in [-0.1, -0.05) is 26.0 Å². The lowest BCUT2D eigenvalue weighted by Crippen LogP contribution is -2.21. The molecule has 0 saturated heterocycles. The molecule has 1 aromatic heterocycles. The molecule has 0 spiro atoms. The minimum Gasteiger partial charge on any atom is -0.343 e. The second kappa shape index (κ2) is 7.23. The van der Waals surface area contributed by atoms with Crippen molar-refractivity contribution in [3.05, 3.63) is 53.9 Å². The normalized spacial score (nSPS) is 10.9. The van der Waals surface area contributed by atoms with Crippen LogP contribution in [0, 0.1) is 12.8 Å². The molecule has 0 amide bonds. The Hall–Kier alpha value is -1.87. The van der Waals surface area contributed by atoms with Gasteiger partial charge in [-0.05, 0) is 48.7 Å². The molecule has 2 rings (SSSR count). The molecule has 112 valence electrons. The molecule has 1 heterocycles. The highest BCUT2D eigenvalue weighted by Crippen LogP contribution is 2.26. The van der Waals surface area contributed by atoms with Crippen LogP contribution in [0.25, 0.3) is 0 Å². The molecule has 0 atom stereocenters. The van der Waals surface area contributed by atoms with E-state index in [1.807, 2.05) is 12.4 Å². The molecule has 1 aromatic carbocycles. The van der Waals surface area contributed by atoms with Gasteiger partial charge in [0.15, 0.2) is 0 Å². The van der Waals surface area contributed by atoms with Crippen LogP contribution in [-0.4, -0.2) is 18.6 Å². The van der Waals surface area contributed by atoms with E-state index in [2.05, 4.69) is 73.4 Å². The molecule has 0 bridgehead atoms. The third kappa shape index (κ3) is 4.30. The van der Waals surface area contributed by atoms with E-state index in [4.69, 9.17) is 0 Å². The van der Waals surface area contributed by atoms with E-state index in [9.17, 15) is 0 Å². The maximum absolute atomic E-state index is 4.29. The number of hydrogen-bond donors (Lipinski definition) is 1. The summed E-state index contributed by atoms with van der Waals surface area (Å²) in [5, 5.41) is 3.50. The number of aromatic nitrogens is 1. The van der Waals surface area contributed by atoms with Crippen LogP contribution < -0.4 is 10.2 Å². The fourth-order valence-corrected chi connectivity index (χ4v) is 2.34. The summed E-state index contributed by atoms with van der Waals surface area (Å²) in [4.78, 5) is 6.49. The zero-order valence-corrected chi connectivity index (χ0v) is 13.4. The van der Waals surface area contributed by atoms with Crippen LogP contribution in [0.2, 0.25) is 0 Å². The number of nitrogens with one attached hydrogen (secondary N) is 1. The molecule has 3 nitrogen and oxygen atoms in total. The van der Waals surface area contributed by atoms with Gasteiger partial charge in [0, 0.05) is 25.5 Å². The van der Waals surface area contributed by atoms with Crippen LogP contribution in [0.15, 0.2) is 42.7 Å². The summed E-state index contributed by atoms with van der Waals surface area (Å²) in [7, 11) is 2.09. The molecular weight excluding hydrogens is 258 g/mol. The van der Waals surface area contributed by atoms with E-state index in [0.717, 1.165) is 18.8 Å². The Labute approximate surface area is 128 Å². The fraction of sp³-hybridized carbons (Fsp3) is 0.389. The van der Waals surface area contributed by atoms with Crippen molar-refractivity contribution >= 4 is 11.4 Å². The zero-order chi connectivity index (χ0) is 15.2. The molecule has 0 aliphatic carbocycles. The average Bonchev–Trinajstić information content (AvgIpc) is 2.47. The minimum atomic E-state index is 0.657. The average molecular weight is 283 g/mol. The predicted octanol–water partition coefficient (Wildman–Crippen LogP) is 3.90. The topological polar surface area (TPSA) is 28.2 Å². The second-order valence-electron chi connectivity index (χ2n) is 5.93. The van der Waals surface area contributed by atoms with E-state index in [-0.39, 0.29) is 0 Å². The number of benzene rings is 1. The summed E-state index contributed by atoms with van der Waals surface area (Å²) in [5.41, 5.74) is 4.88. The third-order valence-corrected chi connectivity index (χ3v) is 3.51. The third-order valence-electron chi connectivity index (χ3n) is 3.51. The molecule has 1 N–H and O–H groups in total. The van der Waals surface area contributed by atoms with Gasteiger partial charge >= 0.3 is 0 Å². The molecule has 21 heavy (non-hydrogen) atoms. The Morgan fingerprint density at radius 1 is 1.24 bits per heavy atom. The van der Waals surface area contributed by atoms with Gasteiger partial charge in [-0.15, -0.1) is 0 Å². The molecule has 0 aliphatic heterocycles. The monoisotopic (exact) mass is 283 g/mol. The first-order chi connectivity index (χ1) is 10.1. The van der Waals surface area contributed by atoms with Crippen molar-refractivity contribution in [1.29, 1.82) is 0 Å². The smallest absolute Gasteiger partial charge is 0.0640 e. The van der Waals surface area contributed by atoms with Crippen LogP contribution in [0.1, 0.15) is 25.0 Å². The molecule has 0 saturated carbocycles. The highest BCUT2D eigenvalue weighted by Gasteiger charge is 2.09. The maximum Gasteiger partial charge on any atom is 0.0640 e. The lowest BCUT2D eigenvalue weighted by molar-refractivity contribution is 0.552. The van der Waals surface area contributed by atoms with Gasteiger partial charge in [0.1, 0.15) is 0 Å². The maximum atomic E-state index is 4.29. The van der Waals surface area contributed by atoms with Gasteiger partial charge in [-0.25, -0.2) is 0 Å². The van der Waals surface area contributed by atoms with Crippen molar-refractivity contribution in [2.45, 2.75) is 27.3 Å². The predicted molar refractivity (Wildman–Crippen MR) is 90.0 cm³/mol. The van der Waals surface area contributed by atoms with Crippen molar-refractivity contribution in [1.82, 2.24) is 10.3 Å². The molecular formula is C18H25N3. The first-order valence-electron chi connectivity index (χ1n) is 7.52. The summed E-state index contributed by atoms with van der Waals surface area (Å²) in [6.45, 7) is 8.45. The summed E-state index contributed by atoms with van der Waals surface area (Å²) in [5.74, 6) is 0.657. The van der Waals surface area contributed by atoms with Gasteiger partial charge in [0.2, 0.25) is 0 Å². The number of aryl methyl sites for hydroxylation is 1. The lowest BCUT2D eigenvalue weighted by Gasteiger charge is -2.23. The molecule has 2 aromatic rings. The zero-order valence-electron chi connectivity index (χ0n) is 13.4. The summed E-state index contributed by atoms with van der Waals surface area (Å²) < 4.78 is 0. The molecule has 3 heteroatoms. The van der Waals surface area contributed by atoms with E-state index < -0.39 is 0 Å². The van der Waals surface area contributed by atoms with E-state index >= 15 is 0 Å². The Morgan fingerprint density at radius 2 is 2.05 bits per heavy atom. The number of pyridine rings is 1. The highest BCUT2D eigenvalue weighted by molar-refractivity contribution is 5.65. The Bertz CT molecular complexity index is 578. The minimum absolute atomic E-state index is 0.657. The Morgan fingerprint density at radius 3 is 2.76 bits per heavy atom. The standard InChI is InChI=1S/C18H25N3/c1-14(2)11-20-12-16-8-9-19-13-18(16)21(4)17-7-5-6-15(3)10-17/h5-10,13-14,20H,11-12H2,1-4H3. The molecule has 0 unspecified atom stereocenters. The number of anilines is 2. The van der Waals surface area contributed by atoms with Crippen molar-refractivity contribution in [3.63, 3.8) is 0 Å². The van der Waals surface area contributed by atoms with Gasteiger partial charge in [0.05, 0.1) is 11.9 Å². The van der Waals surface area contributed by atoms with Gasteiger partial charge in [-0.2, -0.15) is 0 Å². The van der Waals surface area contributed by atoms with Crippen molar-refractivity contribution in [2.24, 2.45) is 5.92 Å². The Balaban J connectivity index is 2.18. The largest absolute Gasteiger partial charge is 0.343 e. The fourth-order valence-electron chi connectivity index (χ4n) is 2.34. The summed E-state index contributed by atoms with van der Waals surface area (Å²) in [6.07, 6.45) is 3.80. The lowest BCUT2D eigenvalue weighted by atomic mass is 10.1.